The molecule has 1 atom stereocenters. The number of pyridine rings is 1. The fraction of sp³-hybridized carbons (Fsp3) is 0.571. The van der Waals surface area contributed by atoms with Gasteiger partial charge in [-0.3, -0.25) is 4.98 Å². The van der Waals surface area contributed by atoms with Crippen molar-refractivity contribution in [3.63, 3.8) is 0 Å². The Balaban J connectivity index is 2.24. The second-order valence-corrected chi connectivity index (χ2v) is 4.44. The molecule has 3 nitrogen and oxygen atoms in total. The third-order valence-corrected chi connectivity index (χ3v) is 2.72. The number of ether oxygens (including phenoxy) is 1. The van der Waals surface area contributed by atoms with Gasteiger partial charge in [0.2, 0.25) is 0 Å². The molecule has 17 heavy (non-hydrogen) atoms. The maximum Gasteiger partial charge on any atom is 0.338 e. The highest BCUT2D eigenvalue weighted by Gasteiger charge is 2.09. The molecular weight excluding hydrogens is 214 g/mol. The van der Waals surface area contributed by atoms with Gasteiger partial charge in [0, 0.05) is 12.4 Å². The first-order chi connectivity index (χ1) is 8.24. The number of rotatable bonds is 7. The van der Waals surface area contributed by atoms with Crippen molar-refractivity contribution in [3.8, 4) is 0 Å². The minimum atomic E-state index is -0.255. The summed E-state index contributed by atoms with van der Waals surface area (Å²) in [6.07, 6.45) is 8.01. The average Bonchev–Trinajstić information content (AvgIpc) is 2.37. The first kappa shape index (κ1) is 13.7. The first-order valence-electron chi connectivity index (χ1n) is 6.31. The lowest BCUT2D eigenvalue weighted by Crippen LogP contribution is -2.12. The molecule has 0 saturated heterocycles. The maximum absolute atomic E-state index is 11.6. The average molecular weight is 235 g/mol. The summed E-state index contributed by atoms with van der Waals surface area (Å²) in [5.41, 5.74) is 0.570. The van der Waals surface area contributed by atoms with Crippen molar-refractivity contribution in [2.45, 2.75) is 39.5 Å². The molecule has 0 bridgehead atoms. The molecule has 0 spiro atoms. The summed E-state index contributed by atoms with van der Waals surface area (Å²) in [5.74, 6) is 0.182. The molecule has 3 heteroatoms. The Hall–Kier alpha value is -1.38. The van der Waals surface area contributed by atoms with Crippen LogP contribution in [0.25, 0.3) is 0 Å². The summed E-state index contributed by atoms with van der Waals surface area (Å²) in [6, 6.07) is 3.34. The third-order valence-electron chi connectivity index (χ3n) is 2.72. The highest BCUT2D eigenvalue weighted by Crippen LogP contribution is 2.10. The van der Waals surface area contributed by atoms with Crippen LogP contribution in [0.1, 0.15) is 49.9 Å². The predicted molar refractivity (Wildman–Crippen MR) is 67.8 cm³/mol. The Morgan fingerprint density at radius 2 is 2.06 bits per heavy atom. The molecule has 0 aromatic carbocycles. The number of esters is 1. The van der Waals surface area contributed by atoms with E-state index in [-0.39, 0.29) is 5.97 Å². The topological polar surface area (TPSA) is 39.2 Å². The smallest absolute Gasteiger partial charge is 0.338 e. The first-order valence-corrected chi connectivity index (χ1v) is 6.31. The second kappa shape index (κ2) is 7.82. The minimum absolute atomic E-state index is 0.255. The minimum Gasteiger partial charge on any atom is -0.462 e. The van der Waals surface area contributed by atoms with E-state index >= 15 is 0 Å². The molecule has 1 aromatic heterocycles. The van der Waals surface area contributed by atoms with E-state index < -0.39 is 0 Å². The fourth-order valence-corrected chi connectivity index (χ4v) is 1.62. The summed E-state index contributed by atoms with van der Waals surface area (Å²) in [7, 11) is 0. The van der Waals surface area contributed by atoms with Gasteiger partial charge in [-0.2, -0.15) is 0 Å². The number of unbranched alkanes of at least 4 members (excludes halogenated alkanes) is 2. The molecule has 1 heterocycles. The van der Waals surface area contributed by atoms with Gasteiger partial charge < -0.3 is 4.74 Å². The number of hydrogen-bond donors (Lipinski definition) is 0. The van der Waals surface area contributed by atoms with Gasteiger partial charge in [-0.1, -0.05) is 33.1 Å². The third kappa shape index (κ3) is 5.48. The molecule has 1 unspecified atom stereocenters. The standard InChI is InChI=1S/C14H21NO2/c1-3-4-5-6-12(2)11-17-14(16)13-7-9-15-10-8-13/h7-10,12H,3-6,11H2,1-2H3. The van der Waals surface area contributed by atoms with Crippen LogP contribution in [0.4, 0.5) is 0 Å². The van der Waals surface area contributed by atoms with Gasteiger partial charge in [-0.15, -0.1) is 0 Å². The molecular formula is C14H21NO2. The van der Waals surface area contributed by atoms with Crippen LogP contribution in [0.3, 0.4) is 0 Å². The number of carbonyl (C=O) groups is 1. The van der Waals surface area contributed by atoms with E-state index in [9.17, 15) is 4.79 Å². The Kier molecular flexibility index (Phi) is 6.30. The van der Waals surface area contributed by atoms with Crippen molar-refractivity contribution in [1.29, 1.82) is 0 Å². The van der Waals surface area contributed by atoms with E-state index in [4.69, 9.17) is 4.74 Å². The van der Waals surface area contributed by atoms with Crippen molar-refractivity contribution < 1.29 is 9.53 Å². The summed E-state index contributed by atoms with van der Waals surface area (Å²) in [6.45, 7) is 4.81. The van der Waals surface area contributed by atoms with E-state index in [1.807, 2.05) is 0 Å². The van der Waals surface area contributed by atoms with Crippen LogP contribution in [-0.4, -0.2) is 17.6 Å². The molecule has 0 fully saturated rings. The zero-order valence-corrected chi connectivity index (χ0v) is 10.7. The summed E-state index contributed by atoms with van der Waals surface area (Å²) >= 11 is 0. The molecule has 0 saturated carbocycles. The Morgan fingerprint density at radius 1 is 1.35 bits per heavy atom. The van der Waals surface area contributed by atoms with Gasteiger partial charge in [0.1, 0.15) is 0 Å². The zero-order valence-electron chi connectivity index (χ0n) is 10.7. The van der Waals surface area contributed by atoms with E-state index in [1.54, 1.807) is 24.5 Å². The van der Waals surface area contributed by atoms with Crippen molar-refractivity contribution >= 4 is 5.97 Å². The van der Waals surface area contributed by atoms with Crippen LogP contribution in [-0.2, 0) is 4.74 Å². The number of aromatic nitrogens is 1. The zero-order chi connectivity index (χ0) is 12.5. The van der Waals surface area contributed by atoms with Crippen molar-refractivity contribution in [1.82, 2.24) is 4.98 Å². The highest BCUT2D eigenvalue weighted by molar-refractivity contribution is 5.89. The summed E-state index contributed by atoms with van der Waals surface area (Å²) < 4.78 is 5.25. The van der Waals surface area contributed by atoms with Gasteiger partial charge in [0.25, 0.3) is 0 Å². The lowest BCUT2D eigenvalue weighted by molar-refractivity contribution is 0.0442. The largest absolute Gasteiger partial charge is 0.462 e. The Labute approximate surface area is 103 Å². The normalized spacial score (nSPS) is 12.1. The molecule has 0 amide bonds. The molecule has 0 radical (unpaired) electrons. The maximum atomic E-state index is 11.6. The molecule has 94 valence electrons. The van der Waals surface area contributed by atoms with Gasteiger partial charge in [-0.05, 0) is 24.5 Å². The van der Waals surface area contributed by atoms with Crippen molar-refractivity contribution in [2.75, 3.05) is 6.61 Å². The Morgan fingerprint density at radius 3 is 2.71 bits per heavy atom. The highest BCUT2D eigenvalue weighted by atomic mass is 16.5. The van der Waals surface area contributed by atoms with Crippen LogP contribution < -0.4 is 0 Å². The monoisotopic (exact) mass is 235 g/mol. The lowest BCUT2D eigenvalue weighted by atomic mass is 10.0. The summed E-state index contributed by atoms with van der Waals surface area (Å²) in [4.78, 5) is 15.5. The van der Waals surface area contributed by atoms with Crippen LogP contribution in [0.5, 0.6) is 0 Å². The van der Waals surface area contributed by atoms with E-state index in [1.165, 1.54) is 19.3 Å². The summed E-state index contributed by atoms with van der Waals surface area (Å²) in [5, 5.41) is 0. The molecule has 1 aromatic rings. The van der Waals surface area contributed by atoms with Crippen molar-refractivity contribution in [3.05, 3.63) is 30.1 Å². The number of nitrogens with zero attached hydrogens (tertiary/aromatic N) is 1. The predicted octanol–water partition coefficient (Wildman–Crippen LogP) is 3.45. The van der Waals surface area contributed by atoms with Gasteiger partial charge >= 0.3 is 5.97 Å². The van der Waals surface area contributed by atoms with Crippen LogP contribution in [0.2, 0.25) is 0 Å². The quantitative estimate of drug-likeness (QED) is 0.536. The molecule has 0 aliphatic carbocycles. The van der Waals surface area contributed by atoms with E-state index in [0.717, 1.165) is 6.42 Å². The van der Waals surface area contributed by atoms with Crippen LogP contribution >= 0.6 is 0 Å². The lowest BCUT2D eigenvalue weighted by Gasteiger charge is -2.11. The van der Waals surface area contributed by atoms with Gasteiger partial charge in [0.15, 0.2) is 0 Å². The Bertz CT molecular complexity index is 324. The number of carbonyl (C=O) groups excluding carboxylic acids is 1. The van der Waals surface area contributed by atoms with Crippen LogP contribution in [0, 0.1) is 5.92 Å². The number of hydrogen-bond acceptors (Lipinski definition) is 3. The molecule has 0 N–H and O–H groups in total. The SMILES string of the molecule is CCCCCC(C)COC(=O)c1ccncc1. The van der Waals surface area contributed by atoms with Gasteiger partial charge in [-0.25, -0.2) is 4.79 Å². The van der Waals surface area contributed by atoms with Gasteiger partial charge in [0.05, 0.1) is 12.2 Å². The van der Waals surface area contributed by atoms with E-state index in [0.29, 0.717) is 18.1 Å². The molecule has 1 rings (SSSR count). The van der Waals surface area contributed by atoms with E-state index in [2.05, 4.69) is 18.8 Å². The van der Waals surface area contributed by atoms with Crippen LogP contribution in [0.15, 0.2) is 24.5 Å². The molecule has 0 aliphatic rings. The van der Waals surface area contributed by atoms with Crippen molar-refractivity contribution in [2.24, 2.45) is 5.92 Å². The fourth-order valence-electron chi connectivity index (χ4n) is 1.62. The molecule has 0 aliphatic heterocycles. The second-order valence-electron chi connectivity index (χ2n) is 4.44.